The van der Waals surface area contributed by atoms with Crippen molar-refractivity contribution in [3.8, 4) is 0 Å². The number of rotatable bonds is 4. The molecule has 0 bridgehead atoms. The van der Waals surface area contributed by atoms with Gasteiger partial charge in [0.05, 0.1) is 6.04 Å². The first-order valence-corrected chi connectivity index (χ1v) is 6.21. The number of halogens is 2. The number of nitrogens with two attached hydrogens (primary N) is 1. The summed E-state index contributed by atoms with van der Waals surface area (Å²) in [7, 11) is 1.60. The fourth-order valence-electron chi connectivity index (χ4n) is 2.31. The average Bonchev–Trinajstić information content (AvgIpc) is 2.67. The van der Waals surface area contributed by atoms with Crippen LogP contribution in [0.15, 0.2) is 18.2 Å². The standard InChI is InChI=1S/C13H17F2N3O/c1-17-12(8-18(13(17)19)6-2-5-16)10-7-9(14)3-4-11(10)15/h3-4,7,12H,2,5-6,8,16H2,1H3. The van der Waals surface area contributed by atoms with Gasteiger partial charge in [-0.25, -0.2) is 13.6 Å². The summed E-state index contributed by atoms with van der Waals surface area (Å²) < 4.78 is 27.0. The van der Waals surface area contributed by atoms with Crippen LogP contribution in [0.3, 0.4) is 0 Å². The second-order valence-corrected chi connectivity index (χ2v) is 4.66. The predicted octanol–water partition coefficient (Wildman–Crippen LogP) is 1.72. The Morgan fingerprint density at radius 3 is 2.84 bits per heavy atom. The molecular weight excluding hydrogens is 252 g/mol. The van der Waals surface area contributed by atoms with Crippen LogP contribution in [-0.4, -0.2) is 42.5 Å². The molecule has 1 aliphatic rings. The molecule has 1 aromatic carbocycles. The third-order valence-corrected chi connectivity index (χ3v) is 3.38. The third kappa shape index (κ3) is 2.68. The summed E-state index contributed by atoms with van der Waals surface area (Å²) in [6.07, 6.45) is 0.692. The van der Waals surface area contributed by atoms with E-state index in [0.717, 1.165) is 18.2 Å². The van der Waals surface area contributed by atoms with Gasteiger partial charge in [0.1, 0.15) is 11.6 Å². The molecule has 1 heterocycles. The molecule has 0 saturated carbocycles. The van der Waals surface area contributed by atoms with Crippen molar-refractivity contribution < 1.29 is 13.6 Å². The van der Waals surface area contributed by atoms with E-state index < -0.39 is 17.7 Å². The minimum Gasteiger partial charge on any atom is -0.330 e. The van der Waals surface area contributed by atoms with E-state index in [4.69, 9.17) is 5.73 Å². The lowest BCUT2D eigenvalue weighted by Gasteiger charge is -2.18. The van der Waals surface area contributed by atoms with Crippen molar-refractivity contribution in [1.82, 2.24) is 9.80 Å². The molecule has 1 atom stereocenters. The van der Waals surface area contributed by atoms with Crippen LogP contribution in [0, 0.1) is 11.6 Å². The predicted molar refractivity (Wildman–Crippen MR) is 67.5 cm³/mol. The first-order valence-electron chi connectivity index (χ1n) is 6.21. The second-order valence-electron chi connectivity index (χ2n) is 4.66. The van der Waals surface area contributed by atoms with Gasteiger partial charge >= 0.3 is 6.03 Å². The fraction of sp³-hybridized carbons (Fsp3) is 0.462. The minimum absolute atomic E-state index is 0.179. The van der Waals surface area contributed by atoms with Crippen LogP contribution in [0.2, 0.25) is 0 Å². The van der Waals surface area contributed by atoms with Crippen LogP contribution < -0.4 is 5.73 Å². The molecule has 2 amide bonds. The van der Waals surface area contributed by atoms with Crippen molar-refractivity contribution in [3.05, 3.63) is 35.4 Å². The summed E-state index contributed by atoms with van der Waals surface area (Å²) in [5.41, 5.74) is 5.63. The summed E-state index contributed by atoms with van der Waals surface area (Å²) in [6, 6.07) is 2.67. The number of amides is 2. The van der Waals surface area contributed by atoms with Crippen molar-refractivity contribution in [2.24, 2.45) is 5.73 Å². The maximum atomic E-state index is 13.8. The zero-order chi connectivity index (χ0) is 14.0. The van der Waals surface area contributed by atoms with Gasteiger partial charge in [-0.1, -0.05) is 0 Å². The molecule has 4 nitrogen and oxygen atoms in total. The molecule has 0 aromatic heterocycles. The van der Waals surface area contributed by atoms with Gasteiger partial charge in [-0.3, -0.25) is 0 Å². The topological polar surface area (TPSA) is 49.6 Å². The Hall–Kier alpha value is -1.69. The highest BCUT2D eigenvalue weighted by atomic mass is 19.1. The molecular formula is C13H17F2N3O. The molecule has 2 rings (SSSR count). The van der Waals surface area contributed by atoms with Crippen molar-refractivity contribution in [3.63, 3.8) is 0 Å². The smallest absolute Gasteiger partial charge is 0.320 e. The van der Waals surface area contributed by atoms with E-state index in [0.29, 0.717) is 26.1 Å². The zero-order valence-electron chi connectivity index (χ0n) is 10.8. The molecule has 0 radical (unpaired) electrons. The maximum absolute atomic E-state index is 13.8. The molecule has 1 aromatic rings. The first kappa shape index (κ1) is 13.7. The Labute approximate surface area is 110 Å². The minimum atomic E-state index is -0.502. The van der Waals surface area contributed by atoms with Crippen molar-refractivity contribution in [2.45, 2.75) is 12.5 Å². The van der Waals surface area contributed by atoms with Crippen molar-refractivity contribution in [1.29, 1.82) is 0 Å². The summed E-state index contributed by atoms with van der Waals surface area (Å²) in [5, 5.41) is 0. The van der Waals surface area contributed by atoms with Gasteiger partial charge in [0.25, 0.3) is 0 Å². The highest BCUT2D eigenvalue weighted by Crippen LogP contribution is 2.30. The lowest BCUT2D eigenvalue weighted by molar-refractivity contribution is 0.195. The molecule has 0 spiro atoms. The zero-order valence-corrected chi connectivity index (χ0v) is 10.8. The monoisotopic (exact) mass is 269 g/mol. The fourth-order valence-corrected chi connectivity index (χ4v) is 2.31. The number of hydrogen-bond donors (Lipinski definition) is 1. The molecule has 0 aliphatic carbocycles. The van der Waals surface area contributed by atoms with Crippen molar-refractivity contribution >= 4 is 6.03 Å². The molecule has 2 N–H and O–H groups in total. The van der Waals surface area contributed by atoms with Crippen LogP contribution >= 0.6 is 0 Å². The highest BCUT2D eigenvalue weighted by Gasteiger charge is 2.36. The number of likely N-dealkylation sites (N-methyl/N-ethyl adjacent to an activating group) is 1. The van der Waals surface area contributed by atoms with Gasteiger partial charge in [-0.05, 0) is 31.2 Å². The normalized spacial score (nSPS) is 19.4. The van der Waals surface area contributed by atoms with Gasteiger partial charge < -0.3 is 15.5 Å². The molecule has 104 valence electrons. The maximum Gasteiger partial charge on any atom is 0.320 e. The molecule has 1 fully saturated rings. The lowest BCUT2D eigenvalue weighted by Crippen LogP contribution is -2.31. The Balaban J connectivity index is 2.21. The number of carbonyl (C=O) groups is 1. The summed E-state index contributed by atoms with van der Waals surface area (Å²) in [5.74, 6) is -0.996. The van der Waals surface area contributed by atoms with Gasteiger partial charge in [0, 0.05) is 25.7 Å². The van der Waals surface area contributed by atoms with E-state index >= 15 is 0 Å². The SMILES string of the molecule is CN1C(=O)N(CCCN)CC1c1cc(F)ccc1F. The van der Waals surface area contributed by atoms with Gasteiger partial charge in [0.2, 0.25) is 0 Å². The molecule has 19 heavy (non-hydrogen) atoms. The summed E-state index contributed by atoms with van der Waals surface area (Å²) in [6.45, 7) is 1.38. The van der Waals surface area contributed by atoms with Crippen LogP contribution in [0.4, 0.5) is 13.6 Å². The Morgan fingerprint density at radius 2 is 2.16 bits per heavy atom. The Morgan fingerprint density at radius 1 is 1.42 bits per heavy atom. The quantitative estimate of drug-likeness (QED) is 0.904. The van der Waals surface area contributed by atoms with E-state index in [-0.39, 0.29) is 11.6 Å². The largest absolute Gasteiger partial charge is 0.330 e. The van der Waals surface area contributed by atoms with E-state index in [1.54, 1.807) is 11.9 Å². The average molecular weight is 269 g/mol. The number of hydrogen-bond acceptors (Lipinski definition) is 2. The number of benzene rings is 1. The number of carbonyl (C=O) groups excluding carboxylic acids is 1. The summed E-state index contributed by atoms with van der Waals surface area (Å²) in [4.78, 5) is 15.0. The molecule has 1 aliphatic heterocycles. The van der Waals surface area contributed by atoms with E-state index in [1.165, 1.54) is 4.90 Å². The van der Waals surface area contributed by atoms with E-state index in [2.05, 4.69) is 0 Å². The van der Waals surface area contributed by atoms with Crippen LogP contribution in [0.1, 0.15) is 18.0 Å². The van der Waals surface area contributed by atoms with E-state index in [9.17, 15) is 13.6 Å². The molecule has 1 saturated heterocycles. The Kier molecular flexibility index (Phi) is 3.99. The number of urea groups is 1. The van der Waals surface area contributed by atoms with Gasteiger partial charge in [-0.2, -0.15) is 0 Å². The van der Waals surface area contributed by atoms with E-state index in [1.807, 2.05) is 0 Å². The van der Waals surface area contributed by atoms with Gasteiger partial charge in [-0.15, -0.1) is 0 Å². The van der Waals surface area contributed by atoms with Crippen LogP contribution in [0.25, 0.3) is 0 Å². The molecule has 1 unspecified atom stereocenters. The first-order chi connectivity index (χ1) is 9.04. The second kappa shape index (κ2) is 5.52. The van der Waals surface area contributed by atoms with Crippen molar-refractivity contribution in [2.75, 3.05) is 26.7 Å². The van der Waals surface area contributed by atoms with Crippen LogP contribution in [-0.2, 0) is 0 Å². The highest BCUT2D eigenvalue weighted by molar-refractivity contribution is 5.77. The van der Waals surface area contributed by atoms with Crippen LogP contribution in [0.5, 0.6) is 0 Å². The third-order valence-electron chi connectivity index (χ3n) is 3.38. The number of nitrogens with zero attached hydrogens (tertiary/aromatic N) is 2. The Bertz CT molecular complexity index is 481. The van der Waals surface area contributed by atoms with Gasteiger partial charge in [0.15, 0.2) is 0 Å². The molecule has 6 heteroatoms. The lowest BCUT2D eigenvalue weighted by atomic mass is 10.1. The summed E-state index contributed by atoms with van der Waals surface area (Å²) >= 11 is 0.